The summed E-state index contributed by atoms with van der Waals surface area (Å²) < 4.78 is 0. The molecule has 9 heteroatoms. The number of carbonyl (C=O) groups excluding carboxylic acids is 2. The predicted octanol–water partition coefficient (Wildman–Crippen LogP) is 0.584. The summed E-state index contributed by atoms with van der Waals surface area (Å²) in [5.74, 6) is 0.986. The summed E-state index contributed by atoms with van der Waals surface area (Å²) in [5, 5.41) is 5.85. The van der Waals surface area contributed by atoms with E-state index < -0.39 is 5.91 Å². The first-order valence-corrected chi connectivity index (χ1v) is 10.4. The maximum atomic E-state index is 12.0. The van der Waals surface area contributed by atoms with Crippen LogP contribution in [0.4, 0.5) is 5.82 Å². The van der Waals surface area contributed by atoms with Gasteiger partial charge in [0.1, 0.15) is 5.82 Å². The second kappa shape index (κ2) is 11.0. The molecule has 0 aliphatic carbocycles. The Morgan fingerprint density at radius 1 is 1.06 bits per heavy atom. The normalized spacial score (nSPS) is 14.3. The van der Waals surface area contributed by atoms with Crippen LogP contribution in [0.1, 0.15) is 22.8 Å². The quantitative estimate of drug-likeness (QED) is 0.443. The summed E-state index contributed by atoms with van der Waals surface area (Å²) in [4.78, 5) is 36.5. The first kappa shape index (κ1) is 22.1. The molecule has 0 bridgehead atoms. The SMILES string of the molecule is CCNC(=NCc1ccc(C(=O)NCC(N)=O)cc1)N1CCN(c2ccccn2)CC1. The van der Waals surface area contributed by atoms with Gasteiger partial charge in [0.2, 0.25) is 5.91 Å². The molecule has 31 heavy (non-hydrogen) atoms. The van der Waals surface area contributed by atoms with Crippen LogP contribution >= 0.6 is 0 Å². The number of rotatable bonds is 7. The molecular weight excluding hydrogens is 394 g/mol. The van der Waals surface area contributed by atoms with Gasteiger partial charge < -0.3 is 26.2 Å². The molecule has 0 atom stereocenters. The molecule has 2 heterocycles. The van der Waals surface area contributed by atoms with Crippen LogP contribution < -0.4 is 21.3 Å². The second-order valence-electron chi connectivity index (χ2n) is 7.18. The fourth-order valence-corrected chi connectivity index (χ4v) is 3.31. The Balaban J connectivity index is 1.57. The molecule has 2 amide bonds. The first-order chi connectivity index (χ1) is 15.1. The van der Waals surface area contributed by atoms with Gasteiger partial charge in [-0.3, -0.25) is 9.59 Å². The molecule has 0 spiro atoms. The molecule has 9 nitrogen and oxygen atoms in total. The average Bonchev–Trinajstić information content (AvgIpc) is 2.81. The smallest absolute Gasteiger partial charge is 0.251 e. The van der Waals surface area contributed by atoms with E-state index in [9.17, 15) is 9.59 Å². The Hall–Kier alpha value is -3.62. The van der Waals surface area contributed by atoms with E-state index in [0.29, 0.717) is 12.1 Å². The topological polar surface area (TPSA) is 116 Å². The number of hydrogen-bond acceptors (Lipinski definition) is 5. The number of guanidine groups is 1. The van der Waals surface area contributed by atoms with Crippen molar-refractivity contribution >= 4 is 23.6 Å². The molecule has 4 N–H and O–H groups in total. The van der Waals surface area contributed by atoms with Crippen LogP contribution in [0.15, 0.2) is 53.7 Å². The molecule has 1 aromatic heterocycles. The van der Waals surface area contributed by atoms with Crippen molar-refractivity contribution in [2.45, 2.75) is 13.5 Å². The summed E-state index contributed by atoms with van der Waals surface area (Å²) in [6.07, 6.45) is 1.82. The Kier molecular flexibility index (Phi) is 7.80. The third-order valence-electron chi connectivity index (χ3n) is 4.94. The van der Waals surface area contributed by atoms with Crippen LogP contribution in [0.5, 0.6) is 0 Å². The molecule has 1 aliphatic heterocycles. The molecule has 3 rings (SSSR count). The van der Waals surface area contributed by atoms with Crippen LogP contribution in [0.25, 0.3) is 0 Å². The van der Waals surface area contributed by atoms with Crippen molar-refractivity contribution in [2.24, 2.45) is 10.7 Å². The third kappa shape index (κ3) is 6.43. The number of anilines is 1. The largest absolute Gasteiger partial charge is 0.368 e. The second-order valence-corrected chi connectivity index (χ2v) is 7.18. The van der Waals surface area contributed by atoms with Crippen molar-refractivity contribution < 1.29 is 9.59 Å². The fourth-order valence-electron chi connectivity index (χ4n) is 3.31. The number of carbonyl (C=O) groups is 2. The average molecular weight is 424 g/mol. The van der Waals surface area contributed by atoms with Crippen LogP contribution in [0, 0.1) is 0 Å². The van der Waals surface area contributed by atoms with Gasteiger partial charge in [0.25, 0.3) is 5.91 Å². The molecule has 1 saturated heterocycles. The third-order valence-corrected chi connectivity index (χ3v) is 4.94. The van der Waals surface area contributed by atoms with Crippen LogP contribution in [0.3, 0.4) is 0 Å². The zero-order chi connectivity index (χ0) is 22.1. The van der Waals surface area contributed by atoms with Gasteiger partial charge >= 0.3 is 0 Å². The molecule has 0 saturated carbocycles. The van der Waals surface area contributed by atoms with Crippen molar-refractivity contribution in [1.82, 2.24) is 20.5 Å². The molecule has 1 aromatic carbocycles. The molecule has 1 aliphatic rings. The molecule has 1 fully saturated rings. The van der Waals surface area contributed by atoms with E-state index in [1.165, 1.54) is 0 Å². The lowest BCUT2D eigenvalue weighted by Crippen LogP contribution is -2.52. The minimum atomic E-state index is -0.573. The summed E-state index contributed by atoms with van der Waals surface area (Å²) in [6, 6.07) is 13.1. The summed E-state index contributed by atoms with van der Waals surface area (Å²) >= 11 is 0. The van der Waals surface area contributed by atoms with E-state index in [1.807, 2.05) is 36.5 Å². The minimum Gasteiger partial charge on any atom is -0.368 e. The number of nitrogens with zero attached hydrogens (tertiary/aromatic N) is 4. The molecular formula is C22H29N7O2. The molecule has 164 valence electrons. The number of aromatic nitrogens is 1. The minimum absolute atomic E-state index is 0.176. The summed E-state index contributed by atoms with van der Waals surface area (Å²) in [5.41, 5.74) is 6.52. The van der Waals surface area contributed by atoms with Crippen LogP contribution in [-0.2, 0) is 11.3 Å². The maximum Gasteiger partial charge on any atom is 0.251 e. The highest BCUT2D eigenvalue weighted by molar-refractivity contribution is 5.96. The van der Waals surface area contributed by atoms with E-state index >= 15 is 0 Å². The molecule has 0 unspecified atom stereocenters. The number of amides is 2. The molecule has 0 radical (unpaired) electrons. The van der Waals surface area contributed by atoms with Crippen molar-refractivity contribution in [3.63, 3.8) is 0 Å². The van der Waals surface area contributed by atoms with Gasteiger partial charge in [-0.15, -0.1) is 0 Å². The summed E-state index contributed by atoms with van der Waals surface area (Å²) in [7, 11) is 0. The zero-order valence-corrected chi connectivity index (χ0v) is 17.8. The highest BCUT2D eigenvalue weighted by atomic mass is 16.2. The van der Waals surface area contributed by atoms with E-state index in [4.69, 9.17) is 10.7 Å². The van der Waals surface area contributed by atoms with E-state index in [-0.39, 0.29) is 12.5 Å². The Morgan fingerprint density at radius 2 is 1.81 bits per heavy atom. The van der Waals surface area contributed by atoms with Gasteiger partial charge in [-0.1, -0.05) is 18.2 Å². The number of aliphatic imine (C=N–C) groups is 1. The number of nitrogens with two attached hydrogens (primary N) is 1. The number of pyridine rings is 1. The van der Waals surface area contributed by atoms with Crippen LogP contribution in [-0.4, -0.2) is 66.9 Å². The van der Waals surface area contributed by atoms with Gasteiger partial charge in [-0.2, -0.15) is 0 Å². The fraction of sp³-hybridized carbons (Fsp3) is 0.364. The highest BCUT2D eigenvalue weighted by Gasteiger charge is 2.20. The number of benzene rings is 1. The number of nitrogens with one attached hydrogen (secondary N) is 2. The lowest BCUT2D eigenvalue weighted by molar-refractivity contribution is -0.117. The van der Waals surface area contributed by atoms with Crippen molar-refractivity contribution in [2.75, 3.05) is 44.2 Å². The summed E-state index contributed by atoms with van der Waals surface area (Å²) in [6.45, 7) is 6.67. The molecule has 2 aromatic rings. The van der Waals surface area contributed by atoms with E-state index in [0.717, 1.165) is 50.1 Å². The van der Waals surface area contributed by atoms with Crippen molar-refractivity contribution in [1.29, 1.82) is 0 Å². The van der Waals surface area contributed by atoms with Gasteiger partial charge in [0.15, 0.2) is 5.96 Å². The Morgan fingerprint density at radius 3 is 2.42 bits per heavy atom. The van der Waals surface area contributed by atoms with Gasteiger partial charge in [0, 0.05) is 44.5 Å². The monoisotopic (exact) mass is 423 g/mol. The lowest BCUT2D eigenvalue weighted by atomic mass is 10.1. The Bertz CT molecular complexity index is 892. The van der Waals surface area contributed by atoms with E-state index in [2.05, 4.69) is 32.3 Å². The van der Waals surface area contributed by atoms with E-state index in [1.54, 1.807) is 12.1 Å². The van der Waals surface area contributed by atoms with Crippen molar-refractivity contribution in [3.05, 3.63) is 59.8 Å². The first-order valence-electron chi connectivity index (χ1n) is 10.4. The highest BCUT2D eigenvalue weighted by Crippen LogP contribution is 2.13. The van der Waals surface area contributed by atoms with Crippen LogP contribution in [0.2, 0.25) is 0 Å². The van der Waals surface area contributed by atoms with Gasteiger partial charge in [0.05, 0.1) is 13.1 Å². The van der Waals surface area contributed by atoms with Gasteiger partial charge in [-0.05, 0) is 36.8 Å². The Labute approximate surface area is 182 Å². The van der Waals surface area contributed by atoms with Gasteiger partial charge in [-0.25, -0.2) is 9.98 Å². The number of hydrogen-bond donors (Lipinski definition) is 3. The predicted molar refractivity (Wildman–Crippen MR) is 121 cm³/mol. The number of piperazine rings is 1. The zero-order valence-electron chi connectivity index (χ0n) is 17.8. The lowest BCUT2D eigenvalue weighted by Gasteiger charge is -2.37. The standard InChI is InChI=1S/C22H29N7O2/c1-2-24-22(29-13-11-28(12-14-29)20-5-3-4-10-25-20)27-15-17-6-8-18(9-7-17)21(31)26-16-19(23)30/h3-10H,2,11-16H2,1H3,(H2,23,30)(H,24,27)(H,26,31). The number of primary amides is 1. The maximum absolute atomic E-state index is 12.0. The van der Waals surface area contributed by atoms with Crippen molar-refractivity contribution in [3.8, 4) is 0 Å².